The molecule has 20 heavy (non-hydrogen) atoms. The standard InChI is InChI=1S/C16H18N4/c1-2-6-11(7-3-1)19-16-15-14(17-10-18-16)12-8-4-5-9-13(12)20-15/h4-5,8-11,20H,1-3,6-7H2,(H,17,18,19). The molecule has 0 aliphatic heterocycles. The first-order valence-electron chi connectivity index (χ1n) is 7.40. The Morgan fingerprint density at radius 2 is 1.90 bits per heavy atom. The van der Waals surface area contributed by atoms with Gasteiger partial charge in [0.05, 0.1) is 0 Å². The van der Waals surface area contributed by atoms with Gasteiger partial charge in [0.25, 0.3) is 0 Å². The van der Waals surface area contributed by atoms with Gasteiger partial charge >= 0.3 is 0 Å². The molecule has 1 fully saturated rings. The number of aromatic amines is 1. The smallest absolute Gasteiger partial charge is 0.154 e. The van der Waals surface area contributed by atoms with Crippen LogP contribution in [-0.2, 0) is 0 Å². The summed E-state index contributed by atoms with van der Waals surface area (Å²) in [6.07, 6.45) is 8.15. The van der Waals surface area contributed by atoms with Gasteiger partial charge in [-0.15, -0.1) is 0 Å². The molecule has 2 aromatic heterocycles. The fraction of sp³-hybridized carbons (Fsp3) is 0.375. The van der Waals surface area contributed by atoms with Crippen LogP contribution in [0.4, 0.5) is 5.82 Å². The largest absolute Gasteiger partial charge is 0.365 e. The molecule has 0 atom stereocenters. The van der Waals surface area contributed by atoms with Crippen molar-refractivity contribution in [2.45, 2.75) is 38.1 Å². The highest BCUT2D eigenvalue weighted by molar-refractivity contribution is 6.07. The highest BCUT2D eigenvalue weighted by Crippen LogP contribution is 2.28. The van der Waals surface area contributed by atoms with Crippen LogP contribution in [0.5, 0.6) is 0 Å². The van der Waals surface area contributed by atoms with Crippen molar-refractivity contribution in [2.24, 2.45) is 0 Å². The van der Waals surface area contributed by atoms with Crippen LogP contribution in [0, 0.1) is 0 Å². The second-order valence-electron chi connectivity index (χ2n) is 5.60. The average Bonchev–Trinajstić information content (AvgIpc) is 2.88. The molecular formula is C16H18N4. The van der Waals surface area contributed by atoms with E-state index in [0.29, 0.717) is 6.04 Å². The molecule has 4 heteroatoms. The number of hydrogen-bond acceptors (Lipinski definition) is 3. The second kappa shape index (κ2) is 4.78. The lowest BCUT2D eigenvalue weighted by Gasteiger charge is -2.23. The fourth-order valence-corrected chi connectivity index (χ4v) is 3.19. The van der Waals surface area contributed by atoms with E-state index in [1.165, 1.54) is 32.1 Å². The minimum atomic E-state index is 0.549. The van der Waals surface area contributed by atoms with Crippen LogP contribution in [0.2, 0.25) is 0 Å². The molecule has 4 rings (SSSR count). The summed E-state index contributed by atoms with van der Waals surface area (Å²) in [7, 11) is 0. The molecule has 2 N–H and O–H groups in total. The molecule has 3 aromatic rings. The van der Waals surface area contributed by atoms with Crippen LogP contribution in [-0.4, -0.2) is 21.0 Å². The summed E-state index contributed by atoms with van der Waals surface area (Å²) in [6.45, 7) is 0. The molecule has 0 amide bonds. The zero-order valence-electron chi connectivity index (χ0n) is 11.4. The Bertz CT molecular complexity index is 740. The van der Waals surface area contributed by atoms with E-state index in [4.69, 9.17) is 0 Å². The van der Waals surface area contributed by atoms with Gasteiger partial charge in [-0.05, 0) is 18.9 Å². The van der Waals surface area contributed by atoms with Crippen molar-refractivity contribution in [1.82, 2.24) is 15.0 Å². The molecule has 1 saturated carbocycles. The number of aromatic nitrogens is 3. The molecule has 1 aliphatic carbocycles. The summed E-state index contributed by atoms with van der Waals surface area (Å²) < 4.78 is 0. The summed E-state index contributed by atoms with van der Waals surface area (Å²) >= 11 is 0. The number of para-hydroxylation sites is 1. The van der Waals surface area contributed by atoms with Crippen LogP contribution >= 0.6 is 0 Å². The molecule has 0 spiro atoms. The molecule has 0 radical (unpaired) electrons. The highest BCUT2D eigenvalue weighted by atomic mass is 15.1. The summed E-state index contributed by atoms with van der Waals surface area (Å²) in [6, 6.07) is 8.83. The number of rotatable bonds is 2. The fourth-order valence-electron chi connectivity index (χ4n) is 3.19. The summed E-state index contributed by atoms with van der Waals surface area (Å²) in [5.74, 6) is 0.943. The van der Waals surface area contributed by atoms with Gasteiger partial charge in [0, 0.05) is 16.9 Å². The third-order valence-electron chi connectivity index (χ3n) is 4.24. The van der Waals surface area contributed by atoms with Crippen molar-refractivity contribution in [3.8, 4) is 0 Å². The van der Waals surface area contributed by atoms with E-state index < -0.39 is 0 Å². The summed E-state index contributed by atoms with van der Waals surface area (Å²) in [4.78, 5) is 12.3. The van der Waals surface area contributed by atoms with Crippen molar-refractivity contribution in [3.63, 3.8) is 0 Å². The third-order valence-corrected chi connectivity index (χ3v) is 4.24. The topological polar surface area (TPSA) is 53.6 Å². The minimum Gasteiger partial charge on any atom is -0.365 e. The van der Waals surface area contributed by atoms with E-state index in [2.05, 4.69) is 32.4 Å². The predicted octanol–water partition coefficient (Wildman–Crippen LogP) is 3.86. The number of benzene rings is 1. The Morgan fingerprint density at radius 1 is 1.05 bits per heavy atom. The van der Waals surface area contributed by atoms with Crippen molar-refractivity contribution >= 4 is 27.8 Å². The molecule has 0 unspecified atom stereocenters. The summed E-state index contributed by atoms with van der Waals surface area (Å²) in [5, 5.41) is 4.77. The molecule has 1 aliphatic rings. The average molecular weight is 266 g/mol. The lowest BCUT2D eigenvalue weighted by atomic mass is 9.95. The van der Waals surface area contributed by atoms with Gasteiger partial charge in [-0.3, -0.25) is 0 Å². The Kier molecular flexibility index (Phi) is 2.80. The number of H-pyrrole nitrogens is 1. The Hall–Kier alpha value is -2.10. The van der Waals surface area contributed by atoms with Crippen LogP contribution in [0.15, 0.2) is 30.6 Å². The van der Waals surface area contributed by atoms with E-state index >= 15 is 0 Å². The van der Waals surface area contributed by atoms with Crippen molar-refractivity contribution in [3.05, 3.63) is 30.6 Å². The second-order valence-corrected chi connectivity index (χ2v) is 5.60. The van der Waals surface area contributed by atoms with Crippen LogP contribution in [0.3, 0.4) is 0 Å². The maximum atomic E-state index is 4.44. The first kappa shape index (κ1) is 11.7. The lowest BCUT2D eigenvalue weighted by Crippen LogP contribution is -2.23. The quantitative estimate of drug-likeness (QED) is 0.740. The van der Waals surface area contributed by atoms with Gasteiger partial charge in [-0.2, -0.15) is 0 Å². The first-order chi connectivity index (χ1) is 9.92. The molecular weight excluding hydrogens is 248 g/mol. The molecule has 0 saturated heterocycles. The molecule has 1 aromatic carbocycles. The van der Waals surface area contributed by atoms with Crippen LogP contribution in [0.25, 0.3) is 21.9 Å². The number of anilines is 1. The molecule has 4 nitrogen and oxygen atoms in total. The number of hydrogen-bond donors (Lipinski definition) is 2. The van der Waals surface area contributed by atoms with E-state index in [9.17, 15) is 0 Å². The van der Waals surface area contributed by atoms with Crippen LogP contribution < -0.4 is 5.32 Å². The van der Waals surface area contributed by atoms with Gasteiger partial charge in [0.15, 0.2) is 5.82 Å². The Morgan fingerprint density at radius 3 is 2.80 bits per heavy atom. The highest BCUT2D eigenvalue weighted by Gasteiger charge is 2.16. The lowest BCUT2D eigenvalue weighted by molar-refractivity contribution is 0.462. The van der Waals surface area contributed by atoms with Crippen LogP contribution in [0.1, 0.15) is 32.1 Å². The van der Waals surface area contributed by atoms with E-state index in [1.54, 1.807) is 6.33 Å². The third kappa shape index (κ3) is 1.92. The Labute approximate surface area is 117 Å². The summed E-state index contributed by atoms with van der Waals surface area (Å²) in [5.41, 5.74) is 3.16. The van der Waals surface area contributed by atoms with E-state index in [1.807, 2.05) is 12.1 Å². The van der Waals surface area contributed by atoms with Crippen molar-refractivity contribution in [2.75, 3.05) is 5.32 Å². The zero-order valence-corrected chi connectivity index (χ0v) is 11.4. The zero-order chi connectivity index (χ0) is 13.4. The van der Waals surface area contributed by atoms with Gasteiger partial charge < -0.3 is 10.3 Å². The maximum Gasteiger partial charge on any atom is 0.154 e. The predicted molar refractivity (Wildman–Crippen MR) is 81.9 cm³/mol. The monoisotopic (exact) mass is 266 g/mol. The maximum absolute atomic E-state index is 4.44. The minimum absolute atomic E-state index is 0.549. The van der Waals surface area contributed by atoms with Crippen molar-refractivity contribution in [1.29, 1.82) is 0 Å². The SMILES string of the molecule is c1ccc2c(c1)[nH]c1c(NC3CCCCC3)ncnc12. The van der Waals surface area contributed by atoms with Gasteiger partial charge in [0.2, 0.25) is 0 Å². The molecule has 0 bridgehead atoms. The van der Waals surface area contributed by atoms with E-state index in [-0.39, 0.29) is 0 Å². The van der Waals surface area contributed by atoms with E-state index in [0.717, 1.165) is 27.8 Å². The van der Waals surface area contributed by atoms with Crippen molar-refractivity contribution < 1.29 is 0 Å². The number of nitrogens with one attached hydrogen (secondary N) is 2. The van der Waals surface area contributed by atoms with Gasteiger partial charge in [-0.1, -0.05) is 37.5 Å². The van der Waals surface area contributed by atoms with Gasteiger partial charge in [0.1, 0.15) is 17.4 Å². The molecule has 2 heterocycles. The number of nitrogens with zero attached hydrogens (tertiary/aromatic N) is 2. The first-order valence-corrected chi connectivity index (χ1v) is 7.40. The number of fused-ring (bicyclic) bond motifs is 3. The Balaban J connectivity index is 1.78. The molecule has 102 valence electrons. The normalized spacial score (nSPS) is 16.8. The van der Waals surface area contributed by atoms with Gasteiger partial charge in [-0.25, -0.2) is 9.97 Å².